The van der Waals surface area contributed by atoms with Crippen molar-refractivity contribution >= 4 is 51.3 Å². The Balaban J connectivity index is 2.16. The van der Waals surface area contributed by atoms with Gasteiger partial charge in [0.15, 0.2) is 16.8 Å². The van der Waals surface area contributed by atoms with Gasteiger partial charge in [0.1, 0.15) is 10.6 Å². The number of benzene rings is 1. The number of ether oxygens (including phenoxy) is 1. The molecule has 1 amide bonds. The Morgan fingerprint density at radius 2 is 2.19 bits per heavy atom. The molecule has 0 unspecified atom stereocenters. The molecule has 0 saturated carbocycles. The van der Waals surface area contributed by atoms with Crippen LogP contribution in [0.1, 0.15) is 5.56 Å². The van der Waals surface area contributed by atoms with Gasteiger partial charge in [0.05, 0.1) is 23.0 Å². The third-order valence-electron chi connectivity index (χ3n) is 2.94. The summed E-state index contributed by atoms with van der Waals surface area (Å²) in [5.41, 5.74) is 0.443. The molecular formula is C14H9NO4S2. The smallest absolute Gasteiger partial charge is 0.263 e. The molecule has 3 rings (SSSR count). The fraction of sp³-hybridized carbons (Fsp3) is 0.0714. The molecule has 0 aliphatic carbocycles. The summed E-state index contributed by atoms with van der Waals surface area (Å²) in [4.78, 5) is 24.4. The van der Waals surface area contributed by atoms with Crippen LogP contribution in [0.25, 0.3) is 17.0 Å². The molecule has 5 nitrogen and oxygen atoms in total. The predicted molar refractivity (Wildman–Crippen MR) is 85.3 cm³/mol. The highest BCUT2D eigenvalue weighted by Gasteiger charge is 2.22. The van der Waals surface area contributed by atoms with Crippen LogP contribution in [0.4, 0.5) is 0 Å². The number of methoxy groups -OCH3 is 1. The van der Waals surface area contributed by atoms with Crippen molar-refractivity contribution in [2.45, 2.75) is 0 Å². The number of hydrogen-bond donors (Lipinski definition) is 1. The first-order chi connectivity index (χ1) is 10.1. The Kier molecular flexibility index (Phi) is 3.52. The number of nitrogens with one attached hydrogen (secondary N) is 1. The van der Waals surface area contributed by atoms with Gasteiger partial charge in [-0.2, -0.15) is 0 Å². The maximum Gasteiger partial charge on any atom is 0.263 e. The molecule has 7 heteroatoms. The van der Waals surface area contributed by atoms with Crippen molar-refractivity contribution in [2.75, 3.05) is 7.11 Å². The molecule has 0 radical (unpaired) electrons. The topological polar surface area (TPSA) is 68.5 Å². The first kappa shape index (κ1) is 13.8. The number of carbonyl (C=O) groups is 1. The van der Waals surface area contributed by atoms with Gasteiger partial charge >= 0.3 is 0 Å². The van der Waals surface area contributed by atoms with E-state index in [0.717, 1.165) is 11.8 Å². The molecule has 1 aliphatic heterocycles. The molecular weight excluding hydrogens is 310 g/mol. The minimum absolute atomic E-state index is 0.228. The lowest BCUT2D eigenvalue weighted by Crippen LogP contribution is -2.17. The highest BCUT2D eigenvalue weighted by atomic mass is 32.2. The van der Waals surface area contributed by atoms with Gasteiger partial charge < -0.3 is 14.5 Å². The monoisotopic (exact) mass is 319 g/mol. The minimum atomic E-state index is -0.310. The largest absolute Gasteiger partial charge is 0.493 e. The number of thioether (sulfide) groups is 1. The maximum atomic E-state index is 12.4. The van der Waals surface area contributed by atoms with Gasteiger partial charge in [0.25, 0.3) is 5.91 Å². The Labute approximate surface area is 129 Å². The lowest BCUT2D eigenvalue weighted by molar-refractivity contribution is -0.115. The summed E-state index contributed by atoms with van der Waals surface area (Å²) in [5.74, 6) is 0.174. The van der Waals surface area contributed by atoms with Gasteiger partial charge in [0, 0.05) is 0 Å². The van der Waals surface area contributed by atoms with Crippen LogP contribution in [0, 0.1) is 0 Å². The molecule has 1 aromatic carbocycles. The molecule has 1 fully saturated rings. The number of carbonyl (C=O) groups excluding carboxylic acids is 1. The van der Waals surface area contributed by atoms with E-state index in [9.17, 15) is 9.59 Å². The summed E-state index contributed by atoms with van der Waals surface area (Å²) >= 11 is 6.02. The van der Waals surface area contributed by atoms with Crippen LogP contribution >= 0.6 is 24.0 Å². The Morgan fingerprint density at radius 3 is 2.86 bits per heavy atom. The highest BCUT2D eigenvalue weighted by Crippen LogP contribution is 2.27. The first-order valence-electron chi connectivity index (χ1n) is 5.93. The Hall–Kier alpha value is -2.12. The predicted octanol–water partition coefficient (Wildman–Crippen LogP) is 2.29. The number of rotatable bonds is 2. The fourth-order valence-corrected chi connectivity index (χ4v) is 3.01. The molecule has 2 aromatic rings. The zero-order valence-electron chi connectivity index (χ0n) is 10.8. The van der Waals surface area contributed by atoms with Crippen LogP contribution in [0.5, 0.6) is 5.75 Å². The molecule has 106 valence electrons. The summed E-state index contributed by atoms with van der Waals surface area (Å²) in [6.07, 6.45) is 2.79. The minimum Gasteiger partial charge on any atom is -0.493 e. The van der Waals surface area contributed by atoms with Crippen LogP contribution in [-0.4, -0.2) is 17.3 Å². The van der Waals surface area contributed by atoms with Crippen LogP contribution in [0.3, 0.4) is 0 Å². The summed E-state index contributed by atoms with van der Waals surface area (Å²) in [5, 5.41) is 2.89. The number of fused-ring (bicyclic) bond motifs is 1. The van der Waals surface area contributed by atoms with Crippen molar-refractivity contribution in [1.29, 1.82) is 0 Å². The van der Waals surface area contributed by atoms with E-state index in [1.807, 2.05) is 0 Å². The standard InChI is InChI=1S/C14H9NO4S2/c1-18-9-4-2-3-8-11(16)7(6-19-12(8)9)5-10-13(17)15-14(20)21-10/h2-6H,1H3,(H,15,17,20). The molecule has 1 N–H and O–H groups in total. The number of hydrogen-bond acceptors (Lipinski definition) is 6. The second-order valence-corrected chi connectivity index (χ2v) is 5.93. The van der Waals surface area contributed by atoms with E-state index >= 15 is 0 Å². The molecule has 1 aliphatic rings. The summed E-state index contributed by atoms with van der Waals surface area (Å²) in [6.45, 7) is 0. The summed E-state index contributed by atoms with van der Waals surface area (Å²) < 4.78 is 11.0. The average Bonchev–Trinajstić information content (AvgIpc) is 2.79. The second kappa shape index (κ2) is 5.34. The summed E-state index contributed by atoms with van der Waals surface area (Å²) in [6, 6.07) is 5.07. The van der Waals surface area contributed by atoms with E-state index in [4.69, 9.17) is 21.4 Å². The van der Waals surface area contributed by atoms with Crippen molar-refractivity contribution in [1.82, 2.24) is 5.32 Å². The zero-order valence-corrected chi connectivity index (χ0v) is 12.5. The highest BCUT2D eigenvalue weighted by molar-refractivity contribution is 8.26. The molecule has 0 spiro atoms. The normalized spacial score (nSPS) is 16.5. The molecule has 1 saturated heterocycles. The fourth-order valence-electron chi connectivity index (χ4n) is 1.97. The van der Waals surface area contributed by atoms with Crippen LogP contribution in [0.2, 0.25) is 0 Å². The van der Waals surface area contributed by atoms with Crippen LogP contribution in [0.15, 0.2) is 38.6 Å². The van der Waals surface area contributed by atoms with Crippen molar-refractivity contribution in [3.8, 4) is 5.75 Å². The van der Waals surface area contributed by atoms with E-state index in [0.29, 0.717) is 25.9 Å². The lowest BCUT2D eigenvalue weighted by Gasteiger charge is -2.04. The number of thiocarbonyl (C=S) groups is 1. The van der Waals surface area contributed by atoms with E-state index in [2.05, 4.69) is 5.32 Å². The molecule has 2 heterocycles. The van der Waals surface area contributed by atoms with E-state index in [1.165, 1.54) is 19.4 Å². The Morgan fingerprint density at radius 1 is 1.38 bits per heavy atom. The SMILES string of the molecule is COc1cccc2c(=O)c(C=C3SC(=S)NC3=O)coc12. The van der Waals surface area contributed by atoms with E-state index in [1.54, 1.807) is 18.2 Å². The molecule has 21 heavy (non-hydrogen) atoms. The number of amides is 1. The van der Waals surface area contributed by atoms with Gasteiger partial charge in [0.2, 0.25) is 0 Å². The zero-order chi connectivity index (χ0) is 15.0. The first-order valence-corrected chi connectivity index (χ1v) is 7.16. The van der Waals surface area contributed by atoms with Crippen molar-refractivity contribution in [2.24, 2.45) is 0 Å². The quantitative estimate of drug-likeness (QED) is 0.676. The van der Waals surface area contributed by atoms with E-state index in [-0.39, 0.29) is 16.9 Å². The third kappa shape index (κ3) is 2.45. The van der Waals surface area contributed by atoms with Gasteiger partial charge in [-0.1, -0.05) is 30.0 Å². The molecule has 0 bridgehead atoms. The molecule has 1 aromatic heterocycles. The average molecular weight is 319 g/mol. The third-order valence-corrected chi connectivity index (χ3v) is 4.10. The van der Waals surface area contributed by atoms with Crippen molar-refractivity contribution < 1.29 is 13.9 Å². The van der Waals surface area contributed by atoms with Crippen LogP contribution in [-0.2, 0) is 4.79 Å². The lowest BCUT2D eigenvalue weighted by atomic mass is 10.1. The van der Waals surface area contributed by atoms with Gasteiger partial charge in [-0.25, -0.2) is 0 Å². The van der Waals surface area contributed by atoms with Crippen molar-refractivity contribution in [3.63, 3.8) is 0 Å². The molecule has 0 atom stereocenters. The Bertz CT molecular complexity index is 854. The van der Waals surface area contributed by atoms with Gasteiger partial charge in [-0.3, -0.25) is 9.59 Å². The maximum absolute atomic E-state index is 12.4. The van der Waals surface area contributed by atoms with Gasteiger partial charge in [-0.05, 0) is 18.2 Å². The van der Waals surface area contributed by atoms with Gasteiger partial charge in [-0.15, -0.1) is 0 Å². The summed E-state index contributed by atoms with van der Waals surface area (Å²) in [7, 11) is 1.51. The van der Waals surface area contributed by atoms with Crippen molar-refractivity contribution in [3.05, 3.63) is 45.2 Å². The second-order valence-electron chi connectivity index (χ2n) is 4.21. The number of para-hydroxylation sites is 1. The van der Waals surface area contributed by atoms with E-state index < -0.39 is 0 Å². The van der Waals surface area contributed by atoms with Crippen LogP contribution < -0.4 is 15.5 Å².